The summed E-state index contributed by atoms with van der Waals surface area (Å²) in [6.07, 6.45) is 3.79. The van der Waals surface area contributed by atoms with Crippen molar-refractivity contribution < 1.29 is 9.53 Å². The number of amides is 1. The van der Waals surface area contributed by atoms with E-state index in [1.165, 1.54) is 6.20 Å². The van der Waals surface area contributed by atoms with E-state index in [4.69, 9.17) is 45.3 Å². The summed E-state index contributed by atoms with van der Waals surface area (Å²) in [4.78, 5) is 23.1. The molecule has 0 spiro atoms. The van der Waals surface area contributed by atoms with Gasteiger partial charge >= 0.3 is 0 Å². The molecule has 1 amide bonds. The lowest BCUT2D eigenvalue weighted by Gasteiger charge is -2.19. The van der Waals surface area contributed by atoms with E-state index >= 15 is 0 Å². The average molecular weight is 492 g/mol. The Kier molecular flexibility index (Phi) is 7.04. The molecule has 3 aromatic rings. The van der Waals surface area contributed by atoms with E-state index in [1.54, 1.807) is 36.5 Å². The van der Waals surface area contributed by atoms with Crippen LogP contribution in [0.3, 0.4) is 0 Å². The Balaban J connectivity index is 1.50. The number of hydrogen-bond acceptors (Lipinski definition) is 5. The van der Waals surface area contributed by atoms with Gasteiger partial charge in [0.2, 0.25) is 5.88 Å². The Labute approximate surface area is 201 Å². The van der Waals surface area contributed by atoms with Crippen LogP contribution in [0.1, 0.15) is 28.3 Å². The van der Waals surface area contributed by atoms with Crippen LogP contribution in [0.4, 0.5) is 5.82 Å². The van der Waals surface area contributed by atoms with Crippen molar-refractivity contribution in [2.45, 2.75) is 12.3 Å². The lowest BCUT2D eigenvalue weighted by molar-refractivity contribution is 0.0784. The number of rotatable bonds is 6. The first-order valence-corrected chi connectivity index (χ1v) is 11.2. The van der Waals surface area contributed by atoms with Gasteiger partial charge < -0.3 is 15.4 Å². The highest BCUT2D eigenvalue weighted by molar-refractivity contribution is 6.42. The lowest BCUT2D eigenvalue weighted by Crippen LogP contribution is -2.29. The number of nitrogen functional groups attached to an aromatic ring is 1. The highest BCUT2D eigenvalue weighted by Crippen LogP contribution is 2.37. The van der Waals surface area contributed by atoms with Crippen LogP contribution in [0.2, 0.25) is 15.1 Å². The number of nitrogens with zero attached hydrogens (tertiary/aromatic N) is 3. The van der Waals surface area contributed by atoms with Gasteiger partial charge in [-0.1, -0.05) is 40.9 Å². The molecule has 0 unspecified atom stereocenters. The van der Waals surface area contributed by atoms with Crippen molar-refractivity contribution in [2.24, 2.45) is 5.92 Å². The van der Waals surface area contributed by atoms with Crippen LogP contribution in [0.5, 0.6) is 5.88 Å². The number of benzene rings is 1. The second kappa shape index (κ2) is 9.94. The summed E-state index contributed by atoms with van der Waals surface area (Å²) in [5, 5.41) is 1.55. The molecule has 0 bridgehead atoms. The first kappa shape index (κ1) is 22.6. The molecule has 1 aliphatic heterocycles. The van der Waals surface area contributed by atoms with Crippen LogP contribution in [-0.4, -0.2) is 40.5 Å². The number of nitrogens with two attached hydrogens (primary N) is 1. The van der Waals surface area contributed by atoms with E-state index in [1.807, 2.05) is 17.0 Å². The zero-order valence-electron chi connectivity index (χ0n) is 17.0. The molecule has 2 N–H and O–H groups in total. The summed E-state index contributed by atoms with van der Waals surface area (Å²) < 4.78 is 5.80. The van der Waals surface area contributed by atoms with Gasteiger partial charge in [0.1, 0.15) is 5.82 Å². The maximum Gasteiger partial charge on any atom is 0.255 e. The van der Waals surface area contributed by atoms with E-state index in [9.17, 15) is 4.79 Å². The first-order valence-electron chi connectivity index (χ1n) is 10.1. The lowest BCUT2D eigenvalue weighted by atomic mass is 9.87. The SMILES string of the molecule is Nc1ccc(C(=O)N2C[C@@H](CCOc3ccc(Cl)cn3)[C@@H](c3ccc(Cl)c(Cl)c3)C2)cn1. The van der Waals surface area contributed by atoms with E-state index in [0.717, 1.165) is 12.0 Å². The molecule has 4 rings (SSSR count). The standard InChI is InChI=1S/C23H21Cl3N4O2/c24-17-3-6-22(29-11-17)32-8-7-16-12-30(23(31)15-2-5-21(27)28-10-15)13-18(16)14-1-4-19(25)20(26)9-14/h1-6,9-11,16,18H,7-8,12-13H2,(H2,27,28)/t16-,18-/m1/s1. The summed E-state index contributed by atoms with van der Waals surface area (Å²) in [5.74, 6) is 1.08. The van der Waals surface area contributed by atoms with Crippen LogP contribution < -0.4 is 10.5 Å². The molecular weight excluding hydrogens is 471 g/mol. The number of carbonyl (C=O) groups is 1. The van der Waals surface area contributed by atoms with Crippen molar-refractivity contribution in [3.63, 3.8) is 0 Å². The van der Waals surface area contributed by atoms with Gasteiger partial charge in [-0.2, -0.15) is 0 Å². The van der Waals surface area contributed by atoms with Crippen LogP contribution in [0.25, 0.3) is 0 Å². The number of halogens is 3. The molecule has 0 saturated carbocycles. The predicted molar refractivity (Wildman–Crippen MR) is 127 cm³/mol. The van der Waals surface area contributed by atoms with Gasteiger partial charge in [-0.25, -0.2) is 9.97 Å². The Morgan fingerprint density at radius 1 is 1.03 bits per heavy atom. The third-order valence-electron chi connectivity index (χ3n) is 5.57. The zero-order valence-corrected chi connectivity index (χ0v) is 19.3. The number of hydrogen-bond donors (Lipinski definition) is 1. The Morgan fingerprint density at radius 3 is 2.56 bits per heavy atom. The minimum atomic E-state index is -0.0784. The highest BCUT2D eigenvalue weighted by Gasteiger charge is 2.36. The molecule has 32 heavy (non-hydrogen) atoms. The Hall–Kier alpha value is -2.54. The monoisotopic (exact) mass is 490 g/mol. The maximum atomic E-state index is 13.1. The van der Waals surface area contributed by atoms with Gasteiger partial charge in [0.25, 0.3) is 5.91 Å². The number of anilines is 1. The summed E-state index contributed by atoms with van der Waals surface area (Å²) in [7, 11) is 0. The quantitative estimate of drug-likeness (QED) is 0.503. The van der Waals surface area contributed by atoms with Gasteiger partial charge in [0.05, 0.1) is 27.2 Å². The first-order chi connectivity index (χ1) is 15.4. The van der Waals surface area contributed by atoms with Gasteiger partial charge in [-0.15, -0.1) is 0 Å². The molecule has 9 heteroatoms. The molecule has 0 radical (unpaired) electrons. The molecule has 1 fully saturated rings. The third-order valence-corrected chi connectivity index (χ3v) is 6.53. The van der Waals surface area contributed by atoms with E-state index in [0.29, 0.717) is 52.0 Å². The highest BCUT2D eigenvalue weighted by atomic mass is 35.5. The molecular formula is C23H21Cl3N4O2. The van der Waals surface area contributed by atoms with Crippen molar-refractivity contribution in [1.82, 2.24) is 14.9 Å². The minimum absolute atomic E-state index is 0.0784. The molecule has 1 aliphatic rings. The summed E-state index contributed by atoms with van der Waals surface area (Å²) in [6.45, 7) is 1.61. The molecule has 3 heterocycles. The second-order valence-corrected chi connectivity index (χ2v) is 8.92. The molecule has 1 saturated heterocycles. The van der Waals surface area contributed by atoms with Gasteiger partial charge in [0.15, 0.2) is 0 Å². The number of likely N-dealkylation sites (tertiary alicyclic amines) is 1. The molecule has 0 aliphatic carbocycles. The smallest absolute Gasteiger partial charge is 0.255 e. The van der Waals surface area contributed by atoms with Crippen LogP contribution in [0.15, 0.2) is 54.9 Å². The Bertz CT molecular complexity index is 1090. The van der Waals surface area contributed by atoms with Crippen LogP contribution in [0, 0.1) is 5.92 Å². The molecule has 6 nitrogen and oxygen atoms in total. The Morgan fingerprint density at radius 2 is 1.88 bits per heavy atom. The van der Waals surface area contributed by atoms with Crippen molar-refractivity contribution in [3.8, 4) is 5.88 Å². The summed E-state index contributed by atoms with van der Waals surface area (Å²) in [6, 6.07) is 12.4. The average Bonchev–Trinajstić information content (AvgIpc) is 3.21. The largest absolute Gasteiger partial charge is 0.478 e. The minimum Gasteiger partial charge on any atom is -0.478 e. The van der Waals surface area contributed by atoms with Crippen molar-refractivity contribution in [1.29, 1.82) is 0 Å². The van der Waals surface area contributed by atoms with E-state index in [-0.39, 0.29) is 17.7 Å². The molecule has 1 aromatic carbocycles. The zero-order chi connectivity index (χ0) is 22.7. The number of ether oxygens (including phenoxy) is 1. The summed E-state index contributed by atoms with van der Waals surface area (Å²) >= 11 is 18.3. The van der Waals surface area contributed by atoms with E-state index < -0.39 is 0 Å². The van der Waals surface area contributed by atoms with E-state index in [2.05, 4.69) is 9.97 Å². The fourth-order valence-electron chi connectivity index (χ4n) is 3.93. The summed E-state index contributed by atoms with van der Waals surface area (Å²) in [5.41, 5.74) is 7.20. The van der Waals surface area contributed by atoms with Crippen molar-refractivity contribution in [3.05, 3.63) is 81.1 Å². The van der Waals surface area contributed by atoms with Crippen LogP contribution in [-0.2, 0) is 0 Å². The van der Waals surface area contributed by atoms with Gasteiger partial charge in [-0.3, -0.25) is 4.79 Å². The second-order valence-electron chi connectivity index (χ2n) is 7.67. The van der Waals surface area contributed by atoms with Crippen molar-refractivity contribution >= 4 is 46.5 Å². The fraction of sp³-hybridized carbons (Fsp3) is 0.261. The molecule has 166 valence electrons. The normalized spacial score (nSPS) is 18.0. The van der Waals surface area contributed by atoms with Gasteiger partial charge in [-0.05, 0) is 48.2 Å². The number of pyridine rings is 2. The molecule has 2 aromatic heterocycles. The fourth-order valence-corrected chi connectivity index (χ4v) is 4.35. The number of carbonyl (C=O) groups excluding carboxylic acids is 1. The van der Waals surface area contributed by atoms with Gasteiger partial charge in [0, 0.05) is 37.5 Å². The maximum absolute atomic E-state index is 13.1. The number of aromatic nitrogens is 2. The van der Waals surface area contributed by atoms with Crippen LogP contribution >= 0.6 is 34.8 Å². The molecule has 2 atom stereocenters. The van der Waals surface area contributed by atoms with Crippen molar-refractivity contribution in [2.75, 3.05) is 25.4 Å². The third kappa shape index (κ3) is 5.26. The topological polar surface area (TPSA) is 81.3 Å². The predicted octanol–water partition coefficient (Wildman–Crippen LogP) is 5.34.